The number of hydrogen-bond acceptors (Lipinski definition) is 7. The van der Waals surface area contributed by atoms with Crippen LogP contribution in [-0.4, -0.2) is 33.6 Å². The van der Waals surface area contributed by atoms with Crippen molar-refractivity contribution in [3.8, 4) is 5.75 Å². The van der Waals surface area contributed by atoms with Crippen molar-refractivity contribution in [2.24, 2.45) is 0 Å². The van der Waals surface area contributed by atoms with Crippen molar-refractivity contribution >= 4 is 35.3 Å². The lowest BCUT2D eigenvalue weighted by Crippen LogP contribution is -2.29. The Balaban J connectivity index is 1.64. The van der Waals surface area contributed by atoms with Crippen LogP contribution in [0.1, 0.15) is 31.0 Å². The zero-order valence-electron chi connectivity index (χ0n) is 18.0. The van der Waals surface area contributed by atoms with Gasteiger partial charge >= 0.3 is 5.97 Å². The van der Waals surface area contributed by atoms with Crippen molar-refractivity contribution in [3.05, 3.63) is 76.0 Å². The van der Waals surface area contributed by atoms with Crippen LogP contribution in [-0.2, 0) is 16.1 Å². The van der Waals surface area contributed by atoms with Crippen LogP contribution >= 0.6 is 23.4 Å². The summed E-state index contributed by atoms with van der Waals surface area (Å²) >= 11 is 7.75. The third kappa shape index (κ3) is 4.47. The van der Waals surface area contributed by atoms with E-state index in [1.54, 1.807) is 16.4 Å². The molecule has 0 aliphatic carbocycles. The van der Waals surface area contributed by atoms with Crippen LogP contribution in [0.15, 0.2) is 65.0 Å². The van der Waals surface area contributed by atoms with Crippen LogP contribution in [0.5, 0.6) is 5.75 Å². The number of halogens is 1. The normalized spacial score (nSPS) is 15.2. The van der Waals surface area contributed by atoms with Gasteiger partial charge in [0.15, 0.2) is 0 Å². The topological polar surface area (TPSA) is 78.3 Å². The quantitative estimate of drug-likeness (QED) is 0.381. The number of benzene rings is 2. The molecular weight excluding hydrogens is 448 g/mol. The van der Waals surface area contributed by atoms with Gasteiger partial charge in [-0.25, -0.2) is 9.48 Å². The monoisotopic (exact) mass is 470 g/mol. The Morgan fingerprint density at radius 1 is 1.22 bits per heavy atom. The molecule has 1 N–H and O–H groups in total. The smallest absolute Gasteiger partial charge is 0.338 e. The molecule has 7 nitrogen and oxygen atoms in total. The molecule has 166 valence electrons. The van der Waals surface area contributed by atoms with Gasteiger partial charge in [0.25, 0.3) is 0 Å². The van der Waals surface area contributed by atoms with Crippen LogP contribution in [0.2, 0.25) is 5.02 Å². The maximum atomic E-state index is 12.6. The van der Waals surface area contributed by atoms with Gasteiger partial charge in [0.1, 0.15) is 18.4 Å². The molecule has 3 aromatic rings. The van der Waals surface area contributed by atoms with Crippen LogP contribution in [0.3, 0.4) is 0 Å². The molecule has 0 amide bonds. The molecule has 0 saturated heterocycles. The number of anilines is 1. The van der Waals surface area contributed by atoms with Gasteiger partial charge in [-0.15, -0.1) is 5.10 Å². The SMILES string of the molecule is CCSc1nc2n(n1)C(c1ccc(OCc3ccccc3Cl)cc1)C(C(=O)OC)=C(C)N2. The highest BCUT2D eigenvalue weighted by atomic mass is 35.5. The number of hydrogen-bond donors (Lipinski definition) is 1. The van der Waals surface area contributed by atoms with E-state index in [9.17, 15) is 4.79 Å². The van der Waals surface area contributed by atoms with E-state index in [1.807, 2.05) is 62.4 Å². The van der Waals surface area contributed by atoms with Gasteiger partial charge in [0.2, 0.25) is 11.1 Å². The van der Waals surface area contributed by atoms with Crippen molar-refractivity contribution in [1.82, 2.24) is 14.8 Å². The summed E-state index contributed by atoms with van der Waals surface area (Å²) in [5.74, 6) is 1.73. The fourth-order valence-corrected chi connectivity index (χ4v) is 4.27. The average molecular weight is 471 g/mol. The third-order valence-electron chi connectivity index (χ3n) is 5.06. The fourth-order valence-electron chi connectivity index (χ4n) is 3.53. The lowest BCUT2D eigenvalue weighted by atomic mass is 9.96. The summed E-state index contributed by atoms with van der Waals surface area (Å²) in [6.07, 6.45) is 0. The number of carbonyl (C=O) groups is 1. The maximum Gasteiger partial charge on any atom is 0.338 e. The highest BCUT2D eigenvalue weighted by molar-refractivity contribution is 7.99. The second kappa shape index (κ2) is 9.67. The Kier molecular flexibility index (Phi) is 6.72. The van der Waals surface area contributed by atoms with Crippen molar-refractivity contribution in [1.29, 1.82) is 0 Å². The van der Waals surface area contributed by atoms with Crippen LogP contribution in [0, 0.1) is 0 Å². The third-order valence-corrected chi connectivity index (χ3v) is 6.15. The van der Waals surface area contributed by atoms with Crippen LogP contribution < -0.4 is 10.1 Å². The average Bonchev–Trinajstić information content (AvgIpc) is 3.19. The molecule has 0 spiro atoms. The number of methoxy groups -OCH3 is 1. The van der Waals surface area contributed by atoms with E-state index < -0.39 is 12.0 Å². The first-order chi connectivity index (χ1) is 15.5. The Bertz CT molecular complexity index is 1160. The predicted octanol–water partition coefficient (Wildman–Crippen LogP) is 5.08. The van der Waals surface area contributed by atoms with Gasteiger partial charge in [-0.2, -0.15) is 4.98 Å². The van der Waals surface area contributed by atoms with Gasteiger partial charge in [0.05, 0.1) is 12.7 Å². The number of esters is 1. The minimum Gasteiger partial charge on any atom is -0.489 e. The molecule has 1 aliphatic heterocycles. The minimum atomic E-state index is -0.463. The van der Waals surface area contributed by atoms with E-state index in [-0.39, 0.29) is 0 Å². The molecule has 0 bridgehead atoms. The van der Waals surface area contributed by atoms with Gasteiger partial charge in [-0.3, -0.25) is 0 Å². The first-order valence-electron chi connectivity index (χ1n) is 10.1. The van der Waals surface area contributed by atoms with E-state index >= 15 is 0 Å². The van der Waals surface area contributed by atoms with E-state index in [0.717, 1.165) is 16.9 Å². The lowest BCUT2D eigenvalue weighted by molar-refractivity contribution is -0.136. The lowest BCUT2D eigenvalue weighted by Gasteiger charge is -2.27. The number of nitrogens with zero attached hydrogens (tertiary/aromatic N) is 3. The molecule has 2 heterocycles. The number of thioether (sulfide) groups is 1. The van der Waals surface area contributed by atoms with Gasteiger partial charge in [0, 0.05) is 16.3 Å². The largest absolute Gasteiger partial charge is 0.489 e. The summed E-state index contributed by atoms with van der Waals surface area (Å²) in [4.78, 5) is 17.2. The van der Waals surface area contributed by atoms with Crippen molar-refractivity contribution in [2.75, 3.05) is 18.2 Å². The minimum absolute atomic E-state index is 0.365. The summed E-state index contributed by atoms with van der Waals surface area (Å²) in [7, 11) is 1.38. The molecule has 0 radical (unpaired) electrons. The van der Waals surface area contributed by atoms with Gasteiger partial charge in [-0.05, 0) is 36.4 Å². The molecular formula is C23H23ClN4O3S. The Morgan fingerprint density at radius 3 is 2.66 bits per heavy atom. The molecule has 2 aromatic carbocycles. The molecule has 0 fully saturated rings. The number of allylic oxidation sites excluding steroid dienone is 1. The second-order valence-corrected chi connectivity index (χ2v) is 8.74. The summed E-state index contributed by atoms with van der Waals surface area (Å²) in [5, 5.41) is 9.12. The van der Waals surface area contributed by atoms with Gasteiger partial charge < -0.3 is 14.8 Å². The van der Waals surface area contributed by atoms with E-state index in [1.165, 1.54) is 7.11 Å². The summed E-state index contributed by atoms with van der Waals surface area (Å²) in [6, 6.07) is 14.7. The molecule has 9 heteroatoms. The second-order valence-electron chi connectivity index (χ2n) is 7.10. The van der Waals surface area contributed by atoms with Crippen molar-refractivity contribution in [3.63, 3.8) is 0 Å². The maximum absolute atomic E-state index is 12.6. The number of fused-ring (bicyclic) bond motifs is 1. The molecule has 1 aromatic heterocycles. The molecule has 32 heavy (non-hydrogen) atoms. The first kappa shape index (κ1) is 22.2. The number of nitrogens with one attached hydrogen (secondary N) is 1. The summed E-state index contributed by atoms with van der Waals surface area (Å²) in [5.41, 5.74) is 2.96. The Morgan fingerprint density at radius 2 is 1.97 bits per heavy atom. The number of aromatic nitrogens is 3. The zero-order valence-corrected chi connectivity index (χ0v) is 19.5. The first-order valence-corrected chi connectivity index (χ1v) is 11.5. The molecule has 1 atom stereocenters. The number of ether oxygens (including phenoxy) is 2. The highest BCUT2D eigenvalue weighted by Crippen LogP contribution is 2.37. The van der Waals surface area contributed by atoms with Gasteiger partial charge in [-0.1, -0.05) is 60.6 Å². The molecule has 1 unspecified atom stereocenters. The molecule has 0 saturated carbocycles. The Hall–Kier alpha value is -2.97. The Labute approximate surface area is 195 Å². The molecule has 1 aliphatic rings. The van der Waals surface area contributed by atoms with Crippen LogP contribution in [0.25, 0.3) is 0 Å². The molecule has 4 rings (SSSR count). The zero-order chi connectivity index (χ0) is 22.7. The predicted molar refractivity (Wildman–Crippen MR) is 125 cm³/mol. The highest BCUT2D eigenvalue weighted by Gasteiger charge is 2.34. The summed E-state index contributed by atoms with van der Waals surface area (Å²) < 4.78 is 12.7. The number of carbonyl (C=O) groups excluding carboxylic acids is 1. The van der Waals surface area contributed by atoms with E-state index in [0.29, 0.717) is 39.8 Å². The van der Waals surface area contributed by atoms with Crippen LogP contribution in [0.4, 0.5) is 5.95 Å². The number of rotatable bonds is 7. The van der Waals surface area contributed by atoms with E-state index in [2.05, 4.69) is 15.4 Å². The van der Waals surface area contributed by atoms with E-state index in [4.69, 9.17) is 21.1 Å². The summed E-state index contributed by atoms with van der Waals surface area (Å²) in [6.45, 7) is 4.25. The fraction of sp³-hybridized carbons (Fsp3) is 0.261. The standard InChI is InChI=1S/C23H23ClN4O3S/c1-4-32-23-26-22-25-14(2)19(21(29)30-3)20(28(22)27-23)15-9-11-17(12-10-15)31-13-16-7-5-6-8-18(16)24/h5-12,20H,4,13H2,1-3H3,(H,25,26,27). The van der Waals surface area contributed by atoms with Crippen molar-refractivity contribution < 1.29 is 14.3 Å². The van der Waals surface area contributed by atoms with Crippen molar-refractivity contribution in [2.45, 2.75) is 31.7 Å².